The van der Waals surface area contributed by atoms with Gasteiger partial charge in [0.1, 0.15) is 0 Å². The van der Waals surface area contributed by atoms with Gasteiger partial charge in [-0.3, -0.25) is 4.98 Å². The summed E-state index contributed by atoms with van der Waals surface area (Å²) in [5.74, 6) is 0. The maximum absolute atomic E-state index is 8.91. The normalized spacial score (nSPS) is 10.2. The summed E-state index contributed by atoms with van der Waals surface area (Å²) in [5, 5.41) is 8.91. The molecule has 1 aromatic heterocycles. The Kier molecular flexibility index (Phi) is 2.62. The molecule has 5 N–H and O–H groups in total. The standard InChI is InChI=1S/C8H13N3O/c1-5-8(10)7(2-9)6(4-12)3-11-5/h3,12H,2,4,9-10H2,1H3. The zero-order valence-electron chi connectivity index (χ0n) is 7.04. The molecule has 0 radical (unpaired) electrons. The predicted molar refractivity (Wildman–Crippen MR) is 47.2 cm³/mol. The molecule has 0 aliphatic rings. The largest absolute Gasteiger partial charge is 0.397 e. The second kappa shape index (κ2) is 3.51. The Morgan fingerprint density at radius 3 is 2.75 bits per heavy atom. The lowest BCUT2D eigenvalue weighted by Gasteiger charge is -2.09. The van der Waals surface area contributed by atoms with Crippen molar-refractivity contribution in [3.8, 4) is 0 Å². The molecule has 0 spiro atoms. The number of anilines is 1. The number of nitrogens with two attached hydrogens (primary N) is 2. The summed E-state index contributed by atoms with van der Waals surface area (Å²) in [5.41, 5.74) is 14.0. The molecule has 12 heavy (non-hydrogen) atoms. The van der Waals surface area contributed by atoms with Crippen LogP contribution in [0.25, 0.3) is 0 Å². The molecular formula is C8H13N3O. The Morgan fingerprint density at radius 2 is 2.25 bits per heavy atom. The molecule has 1 rings (SSSR count). The molecule has 66 valence electrons. The van der Waals surface area contributed by atoms with E-state index >= 15 is 0 Å². The van der Waals surface area contributed by atoms with Gasteiger partial charge in [-0.15, -0.1) is 0 Å². The average Bonchev–Trinajstić information content (AvgIpc) is 2.09. The molecule has 0 fully saturated rings. The lowest BCUT2D eigenvalue weighted by Crippen LogP contribution is -2.08. The van der Waals surface area contributed by atoms with Gasteiger partial charge in [-0.1, -0.05) is 0 Å². The van der Waals surface area contributed by atoms with Crippen molar-refractivity contribution in [1.82, 2.24) is 4.98 Å². The Morgan fingerprint density at radius 1 is 1.58 bits per heavy atom. The van der Waals surface area contributed by atoms with Crippen LogP contribution < -0.4 is 11.5 Å². The molecule has 0 aromatic carbocycles. The molecule has 1 aromatic rings. The first-order valence-electron chi connectivity index (χ1n) is 3.74. The van der Waals surface area contributed by atoms with E-state index in [4.69, 9.17) is 16.6 Å². The lowest BCUT2D eigenvalue weighted by molar-refractivity contribution is 0.280. The topological polar surface area (TPSA) is 85.2 Å². The van der Waals surface area contributed by atoms with E-state index in [1.54, 1.807) is 6.20 Å². The molecule has 0 atom stereocenters. The molecule has 0 aliphatic heterocycles. The molecule has 0 saturated heterocycles. The van der Waals surface area contributed by atoms with Gasteiger partial charge in [0, 0.05) is 18.3 Å². The van der Waals surface area contributed by atoms with Gasteiger partial charge >= 0.3 is 0 Å². The number of nitrogen functional groups attached to an aromatic ring is 1. The highest BCUT2D eigenvalue weighted by Gasteiger charge is 2.06. The van der Waals surface area contributed by atoms with E-state index in [1.807, 2.05) is 6.92 Å². The molecule has 1 heterocycles. The van der Waals surface area contributed by atoms with Gasteiger partial charge < -0.3 is 16.6 Å². The maximum atomic E-state index is 8.91. The van der Waals surface area contributed by atoms with Crippen LogP contribution >= 0.6 is 0 Å². The van der Waals surface area contributed by atoms with Crippen molar-refractivity contribution in [2.45, 2.75) is 20.1 Å². The minimum Gasteiger partial charge on any atom is -0.397 e. The first-order chi connectivity index (χ1) is 5.70. The predicted octanol–water partition coefficient (Wildman–Crippen LogP) is -0.0768. The summed E-state index contributed by atoms with van der Waals surface area (Å²) in [6.45, 7) is 2.09. The van der Waals surface area contributed by atoms with Crippen LogP contribution in [0.5, 0.6) is 0 Å². The third-order valence-corrected chi connectivity index (χ3v) is 1.89. The summed E-state index contributed by atoms with van der Waals surface area (Å²) in [6, 6.07) is 0. The molecule has 0 saturated carbocycles. The summed E-state index contributed by atoms with van der Waals surface area (Å²) >= 11 is 0. The van der Waals surface area contributed by atoms with Crippen molar-refractivity contribution in [2.24, 2.45) is 5.73 Å². The van der Waals surface area contributed by atoms with E-state index in [9.17, 15) is 0 Å². The van der Waals surface area contributed by atoms with Crippen LogP contribution in [0.4, 0.5) is 5.69 Å². The fraction of sp³-hybridized carbons (Fsp3) is 0.375. The van der Waals surface area contributed by atoms with Crippen molar-refractivity contribution < 1.29 is 5.11 Å². The Balaban J connectivity index is 3.25. The maximum Gasteiger partial charge on any atom is 0.0700 e. The monoisotopic (exact) mass is 167 g/mol. The van der Waals surface area contributed by atoms with E-state index < -0.39 is 0 Å². The number of aliphatic hydroxyl groups is 1. The molecule has 0 amide bonds. The minimum atomic E-state index is -0.0655. The van der Waals surface area contributed by atoms with E-state index in [2.05, 4.69) is 4.98 Å². The van der Waals surface area contributed by atoms with Crippen LogP contribution in [0.15, 0.2) is 6.20 Å². The smallest absolute Gasteiger partial charge is 0.0700 e. The summed E-state index contributed by atoms with van der Waals surface area (Å²) < 4.78 is 0. The van der Waals surface area contributed by atoms with Crippen LogP contribution in [-0.4, -0.2) is 10.1 Å². The van der Waals surface area contributed by atoms with Gasteiger partial charge in [0.2, 0.25) is 0 Å². The van der Waals surface area contributed by atoms with Crippen molar-refractivity contribution in [3.63, 3.8) is 0 Å². The third-order valence-electron chi connectivity index (χ3n) is 1.89. The lowest BCUT2D eigenvalue weighted by atomic mass is 10.1. The fourth-order valence-corrected chi connectivity index (χ4v) is 1.09. The van der Waals surface area contributed by atoms with Crippen LogP contribution in [-0.2, 0) is 13.2 Å². The number of nitrogens with zero attached hydrogens (tertiary/aromatic N) is 1. The second-order valence-electron chi connectivity index (χ2n) is 2.62. The van der Waals surface area contributed by atoms with E-state index in [0.29, 0.717) is 17.8 Å². The van der Waals surface area contributed by atoms with Crippen LogP contribution in [0.2, 0.25) is 0 Å². The van der Waals surface area contributed by atoms with Gasteiger partial charge in [-0.2, -0.15) is 0 Å². The highest BCUT2D eigenvalue weighted by molar-refractivity contribution is 5.53. The van der Waals surface area contributed by atoms with Gasteiger partial charge in [0.25, 0.3) is 0 Å². The van der Waals surface area contributed by atoms with E-state index in [0.717, 1.165) is 11.3 Å². The zero-order chi connectivity index (χ0) is 9.14. The van der Waals surface area contributed by atoms with Gasteiger partial charge in [-0.25, -0.2) is 0 Å². The van der Waals surface area contributed by atoms with E-state index in [1.165, 1.54) is 0 Å². The summed E-state index contributed by atoms with van der Waals surface area (Å²) in [7, 11) is 0. The van der Waals surface area contributed by atoms with Crippen LogP contribution in [0.1, 0.15) is 16.8 Å². The summed E-state index contributed by atoms with van der Waals surface area (Å²) in [6.07, 6.45) is 1.61. The van der Waals surface area contributed by atoms with Gasteiger partial charge in [-0.05, 0) is 12.5 Å². The number of hydrogen-bond acceptors (Lipinski definition) is 4. The molecular weight excluding hydrogens is 154 g/mol. The first-order valence-corrected chi connectivity index (χ1v) is 3.74. The summed E-state index contributed by atoms with van der Waals surface area (Å²) in [4.78, 5) is 4.02. The Hall–Kier alpha value is -1.13. The SMILES string of the molecule is Cc1ncc(CO)c(CN)c1N. The third kappa shape index (κ3) is 1.39. The Labute approximate surface area is 71.2 Å². The number of aliphatic hydroxyl groups excluding tert-OH is 1. The number of aromatic nitrogens is 1. The van der Waals surface area contributed by atoms with Crippen LogP contribution in [0, 0.1) is 6.92 Å². The number of pyridine rings is 1. The average molecular weight is 167 g/mol. The second-order valence-corrected chi connectivity index (χ2v) is 2.62. The number of hydrogen-bond donors (Lipinski definition) is 3. The van der Waals surface area contributed by atoms with Gasteiger partial charge in [0.15, 0.2) is 0 Å². The highest BCUT2D eigenvalue weighted by Crippen LogP contribution is 2.18. The van der Waals surface area contributed by atoms with Crippen molar-refractivity contribution in [1.29, 1.82) is 0 Å². The Bertz CT molecular complexity index is 286. The molecule has 0 bridgehead atoms. The molecule has 4 heteroatoms. The van der Waals surface area contributed by atoms with Gasteiger partial charge in [0.05, 0.1) is 18.0 Å². The first kappa shape index (κ1) is 8.96. The minimum absolute atomic E-state index is 0.0655. The fourth-order valence-electron chi connectivity index (χ4n) is 1.09. The molecule has 0 unspecified atom stereocenters. The molecule has 4 nitrogen and oxygen atoms in total. The molecule has 0 aliphatic carbocycles. The highest BCUT2D eigenvalue weighted by atomic mass is 16.3. The van der Waals surface area contributed by atoms with Crippen molar-refractivity contribution in [3.05, 3.63) is 23.0 Å². The van der Waals surface area contributed by atoms with Crippen molar-refractivity contribution >= 4 is 5.69 Å². The van der Waals surface area contributed by atoms with Crippen LogP contribution in [0.3, 0.4) is 0 Å². The quantitative estimate of drug-likeness (QED) is 0.575. The number of aryl methyl sites for hydroxylation is 1. The van der Waals surface area contributed by atoms with Crippen molar-refractivity contribution in [2.75, 3.05) is 5.73 Å². The zero-order valence-corrected chi connectivity index (χ0v) is 7.04. The number of rotatable bonds is 2. The van der Waals surface area contributed by atoms with E-state index in [-0.39, 0.29) is 6.61 Å².